The molecule has 8 heteroatoms. The zero-order valence-electron chi connectivity index (χ0n) is 15.9. The first-order valence-electron chi connectivity index (χ1n) is 9.08. The van der Waals surface area contributed by atoms with Crippen LogP contribution in [0.25, 0.3) is 0 Å². The van der Waals surface area contributed by atoms with Gasteiger partial charge in [-0.25, -0.2) is 4.98 Å². The van der Waals surface area contributed by atoms with E-state index >= 15 is 0 Å². The van der Waals surface area contributed by atoms with Crippen LogP contribution in [0.5, 0.6) is 0 Å². The number of aliphatic imine (C=N–C) groups is 1. The molecule has 2 heterocycles. The molecule has 1 aromatic rings. The van der Waals surface area contributed by atoms with E-state index in [2.05, 4.69) is 46.3 Å². The summed E-state index contributed by atoms with van der Waals surface area (Å²) in [6.45, 7) is 11.1. The molecule has 1 saturated heterocycles. The molecule has 0 aliphatic carbocycles. The minimum atomic E-state index is 0. The summed E-state index contributed by atoms with van der Waals surface area (Å²) in [6, 6.07) is 4.06. The molecule has 0 saturated carbocycles. The molecule has 2 N–H and O–H groups in total. The third kappa shape index (κ3) is 7.84. The third-order valence-corrected chi connectivity index (χ3v) is 4.16. The van der Waals surface area contributed by atoms with Gasteiger partial charge < -0.3 is 20.3 Å². The van der Waals surface area contributed by atoms with Crippen LogP contribution in [0.1, 0.15) is 27.2 Å². The van der Waals surface area contributed by atoms with Crippen molar-refractivity contribution in [1.82, 2.24) is 15.6 Å². The fourth-order valence-electron chi connectivity index (χ4n) is 2.73. The molecule has 0 amide bonds. The van der Waals surface area contributed by atoms with E-state index < -0.39 is 0 Å². The van der Waals surface area contributed by atoms with Crippen molar-refractivity contribution < 1.29 is 4.74 Å². The van der Waals surface area contributed by atoms with Gasteiger partial charge >= 0.3 is 0 Å². The quantitative estimate of drug-likeness (QED) is 0.251. The van der Waals surface area contributed by atoms with Gasteiger partial charge in [0.15, 0.2) is 5.96 Å². The highest BCUT2D eigenvalue weighted by Gasteiger charge is 2.25. The Hall–Kier alpha value is -0.800. The van der Waals surface area contributed by atoms with Gasteiger partial charge in [0.1, 0.15) is 5.82 Å². The fraction of sp³-hybridized carbons (Fsp3) is 0.667. The molecular weight excluding hydrogens is 465 g/mol. The van der Waals surface area contributed by atoms with Crippen molar-refractivity contribution in [2.75, 3.05) is 44.3 Å². The molecule has 0 spiro atoms. The molecule has 26 heavy (non-hydrogen) atoms. The second kappa shape index (κ2) is 12.6. The third-order valence-electron chi connectivity index (χ3n) is 3.87. The largest absolute Gasteiger partial charge is 0.379 e. The Morgan fingerprint density at radius 3 is 3.00 bits per heavy atom. The molecule has 1 aliphatic rings. The fourth-order valence-corrected chi connectivity index (χ4v) is 2.98. The van der Waals surface area contributed by atoms with Crippen molar-refractivity contribution >= 4 is 47.4 Å². The number of pyridine rings is 1. The summed E-state index contributed by atoms with van der Waals surface area (Å²) in [5, 5.41) is 7.50. The van der Waals surface area contributed by atoms with E-state index in [1.54, 1.807) is 6.20 Å². The Morgan fingerprint density at radius 1 is 1.50 bits per heavy atom. The lowest BCUT2D eigenvalue weighted by Gasteiger charge is -2.20. The zero-order chi connectivity index (χ0) is 18.1. The molecule has 0 aromatic carbocycles. The normalized spacial score (nSPS) is 17.3. The lowest BCUT2D eigenvalue weighted by atomic mass is 10.2. The number of anilines is 1. The Kier molecular flexibility index (Phi) is 11.2. The second-order valence-electron chi connectivity index (χ2n) is 6.61. The van der Waals surface area contributed by atoms with Crippen LogP contribution in [0, 0.1) is 5.92 Å². The summed E-state index contributed by atoms with van der Waals surface area (Å²) in [5.74, 6) is 2.25. The van der Waals surface area contributed by atoms with Crippen LogP contribution in [0.3, 0.4) is 0 Å². The van der Waals surface area contributed by atoms with Crippen LogP contribution >= 0.6 is 35.6 Å². The van der Waals surface area contributed by atoms with Gasteiger partial charge in [-0.15, -0.1) is 24.0 Å². The topological polar surface area (TPSA) is 61.8 Å². The number of rotatable bonds is 8. The van der Waals surface area contributed by atoms with Gasteiger partial charge in [0, 0.05) is 38.5 Å². The van der Waals surface area contributed by atoms with Gasteiger partial charge in [-0.1, -0.05) is 25.4 Å². The lowest BCUT2D eigenvalue weighted by molar-refractivity contribution is 0.117. The summed E-state index contributed by atoms with van der Waals surface area (Å²) in [6.07, 6.45) is 2.81. The molecule has 2 rings (SSSR count). The summed E-state index contributed by atoms with van der Waals surface area (Å²) in [4.78, 5) is 11.2. The summed E-state index contributed by atoms with van der Waals surface area (Å²) in [5.41, 5.74) is 0. The Labute approximate surface area is 179 Å². The van der Waals surface area contributed by atoms with Crippen LogP contribution in [0.2, 0.25) is 5.02 Å². The first-order chi connectivity index (χ1) is 12.1. The molecule has 0 radical (unpaired) electrons. The van der Waals surface area contributed by atoms with Crippen molar-refractivity contribution in [3.8, 4) is 0 Å². The molecular formula is C18H31ClIN5O. The van der Waals surface area contributed by atoms with E-state index in [0.717, 1.165) is 44.4 Å². The van der Waals surface area contributed by atoms with Crippen molar-refractivity contribution in [3.63, 3.8) is 0 Å². The first-order valence-corrected chi connectivity index (χ1v) is 9.46. The van der Waals surface area contributed by atoms with Crippen molar-refractivity contribution in [1.29, 1.82) is 0 Å². The Balaban J connectivity index is 0.00000338. The highest BCUT2D eigenvalue weighted by Crippen LogP contribution is 2.25. The predicted octanol–water partition coefficient (Wildman–Crippen LogP) is 3.16. The maximum atomic E-state index is 6.25. The number of hydrogen-bond acceptors (Lipinski definition) is 4. The van der Waals surface area contributed by atoms with E-state index in [-0.39, 0.29) is 24.0 Å². The number of guanidine groups is 1. The second-order valence-corrected chi connectivity index (χ2v) is 7.02. The highest BCUT2D eigenvalue weighted by atomic mass is 127. The summed E-state index contributed by atoms with van der Waals surface area (Å²) < 4.78 is 5.59. The van der Waals surface area contributed by atoms with E-state index in [9.17, 15) is 0 Å². The Bertz CT molecular complexity index is 558. The number of nitrogens with zero attached hydrogens (tertiary/aromatic N) is 3. The molecule has 6 nitrogen and oxygen atoms in total. The van der Waals surface area contributed by atoms with Crippen LogP contribution in [0.4, 0.5) is 5.82 Å². The summed E-state index contributed by atoms with van der Waals surface area (Å²) in [7, 11) is 0. The van der Waals surface area contributed by atoms with Gasteiger partial charge in [0.25, 0.3) is 0 Å². The van der Waals surface area contributed by atoms with E-state index in [4.69, 9.17) is 16.3 Å². The van der Waals surface area contributed by atoms with E-state index in [0.29, 0.717) is 30.1 Å². The van der Waals surface area contributed by atoms with Crippen molar-refractivity contribution in [3.05, 3.63) is 23.4 Å². The maximum Gasteiger partial charge on any atom is 0.191 e. The van der Waals surface area contributed by atoms with Crippen molar-refractivity contribution in [2.24, 2.45) is 10.9 Å². The lowest BCUT2D eigenvalue weighted by Crippen LogP contribution is -2.44. The predicted molar refractivity (Wildman–Crippen MR) is 120 cm³/mol. The average Bonchev–Trinajstić information content (AvgIpc) is 3.03. The van der Waals surface area contributed by atoms with Crippen LogP contribution in [0.15, 0.2) is 23.3 Å². The highest BCUT2D eigenvalue weighted by molar-refractivity contribution is 14.0. The standard InChI is InChI=1S/C18H30ClN5O.HI/c1-4-20-18(22-9-11-25-13-14(2)3)23-15-7-10-24(12-15)17-16(19)6-5-8-21-17;/h5-6,8,14-15H,4,7,9-13H2,1-3H3,(H2,20,22,23);1H. The molecule has 1 unspecified atom stereocenters. The minimum Gasteiger partial charge on any atom is -0.379 e. The van der Waals surface area contributed by atoms with Gasteiger partial charge in [0.2, 0.25) is 0 Å². The number of nitrogens with one attached hydrogen (secondary N) is 2. The van der Waals surface area contributed by atoms with Crippen LogP contribution in [-0.2, 0) is 4.74 Å². The molecule has 1 fully saturated rings. The number of hydrogen-bond donors (Lipinski definition) is 2. The molecule has 1 atom stereocenters. The van der Waals surface area contributed by atoms with Gasteiger partial charge in [-0.2, -0.15) is 0 Å². The van der Waals surface area contributed by atoms with Gasteiger partial charge in [-0.3, -0.25) is 4.99 Å². The SMILES string of the molecule is CCNC(=NCCOCC(C)C)NC1CCN(c2ncccc2Cl)C1.I. The Morgan fingerprint density at radius 2 is 2.31 bits per heavy atom. The smallest absolute Gasteiger partial charge is 0.191 e. The number of ether oxygens (including phenoxy) is 1. The molecule has 1 aromatic heterocycles. The van der Waals surface area contributed by atoms with E-state index in [1.165, 1.54) is 0 Å². The van der Waals surface area contributed by atoms with Crippen LogP contribution in [-0.4, -0.2) is 56.4 Å². The molecule has 148 valence electrons. The zero-order valence-corrected chi connectivity index (χ0v) is 19.0. The number of halogens is 2. The van der Waals surface area contributed by atoms with E-state index in [1.807, 2.05) is 12.1 Å². The van der Waals surface area contributed by atoms with Gasteiger partial charge in [-0.05, 0) is 31.4 Å². The van der Waals surface area contributed by atoms with Crippen LogP contribution < -0.4 is 15.5 Å². The minimum absolute atomic E-state index is 0. The average molecular weight is 496 g/mol. The van der Waals surface area contributed by atoms with Gasteiger partial charge in [0.05, 0.1) is 18.2 Å². The first kappa shape index (κ1) is 23.2. The molecule has 1 aliphatic heterocycles. The van der Waals surface area contributed by atoms with Crippen molar-refractivity contribution in [2.45, 2.75) is 33.2 Å². The summed E-state index contributed by atoms with van der Waals surface area (Å²) >= 11 is 6.25. The maximum absolute atomic E-state index is 6.25. The number of aromatic nitrogens is 1. The molecule has 0 bridgehead atoms. The monoisotopic (exact) mass is 495 g/mol.